The van der Waals surface area contributed by atoms with Gasteiger partial charge < -0.3 is 5.32 Å². The second-order valence-corrected chi connectivity index (χ2v) is 6.90. The molecule has 3 rings (SSSR count). The van der Waals surface area contributed by atoms with Crippen molar-refractivity contribution in [1.82, 2.24) is 15.2 Å². The summed E-state index contributed by atoms with van der Waals surface area (Å²) in [5, 5.41) is 10.3. The molecule has 0 unspecified atom stereocenters. The number of aromatic nitrogens is 3. The smallest absolute Gasteiger partial charge is 0.234 e. The zero-order valence-electron chi connectivity index (χ0n) is 15.2. The number of thioether (sulfide) groups is 1. The highest BCUT2D eigenvalue weighted by molar-refractivity contribution is 7.99. The molecule has 0 aliphatic carbocycles. The van der Waals surface area contributed by atoms with Gasteiger partial charge in [0.2, 0.25) is 11.1 Å². The minimum absolute atomic E-state index is 0.0914. The predicted octanol–water partition coefficient (Wildman–Crippen LogP) is 3.97. The molecule has 7 heteroatoms. The average Bonchev–Trinajstić information content (AvgIpc) is 3.16. The highest BCUT2D eigenvalue weighted by Gasteiger charge is 2.12. The number of nitrogens with zero attached hydrogens (tertiary/aromatic N) is 2. The van der Waals surface area contributed by atoms with Crippen molar-refractivity contribution < 1.29 is 9.59 Å². The number of hydrogen-bond donors (Lipinski definition) is 2. The van der Waals surface area contributed by atoms with Crippen molar-refractivity contribution in [2.75, 3.05) is 11.1 Å². The van der Waals surface area contributed by atoms with Gasteiger partial charge in [0.25, 0.3) is 0 Å². The molecule has 1 amide bonds. The van der Waals surface area contributed by atoms with E-state index in [9.17, 15) is 9.59 Å². The maximum Gasteiger partial charge on any atom is 0.234 e. The first-order valence-corrected chi connectivity index (χ1v) is 9.59. The Morgan fingerprint density at radius 2 is 1.85 bits per heavy atom. The first-order chi connectivity index (χ1) is 13.1. The van der Waals surface area contributed by atoms with E-state index >= 15 is 0 Å². The van der Waals surface area contributed by atoms with Gasteiger partial charge in [0, 0.05) is 11.1 Å². The number of nitrogens with one attached hydrogen (secondary N) is 2. The number of ketones is 1. The summed E-state index contributed by atoms with van der Waals surface area (Å²) < 4.78 is 0. The third kappa shape index (κ3) is 4.83. The lowest BCUT2D eigenvalue weighted by atomic mass is 10.1. The maximum atomic E-state index is 12.2. The molecule has 0 bridgehead atoms. The van der Waals surface area contributed by atoms with Crippen LogP contribution < -0.4 is 5.32 Å². The van der Waals surface area contributed by atoms with E-state index in [-0.39, 0.29) is 17.4 Å². The largest absolute Gasteiger partial charge is 0.325 e. The first-order valence-electron chi connectivity index (χ1n) is 8.61. The van der Waals surface area contributed by atoms with Crippen molar-refractivity contribution in [3.05, 3.63) is 59.7 Å². The molecule has 1 aromatic heterocycles. The van der Waals surface area contributed by atoms with Crippen LogP contribution in [0.4, 0.5) is 5.69 Å². The molecule has 0 saturated heterocycles. The van der Waals surface area contributed by atoms with E-state index in [1.165, 1.54) is 24.2 Å². The fourth-order valence-corrected chi connectivity index (χ4v) is 3.15. The third-order valence-electron chi connectivity index (χ3n) is 4.01. The minimum atomic E-state index is -0.215. The van der Waals surface area contributed by atoms with Gasteiger partial charge in [-0.2, -0.15) is 0 Å². The van der Waals surface area contributed by atoms with Crippen LogP contribution in [0.25, 0.3) is 11.4 Å². The maximum absolute atomic E-state index is 12.2. The van der Waals surface area contributed by atoms with Gasteiger partial charge in [-0.05, 0) is 31.0 Å². The number of anilines is 1. The van der Waals surface area contributed by atoms with Gasteiger partial charge >= 0.3 is 0 Å². The summed E-state index contributed by atoms with van der Waals surface area (Å²) >= 11 is 1.23. The van der Waals surface area contributed by atoms with Gasteiger partial charge in [-0.15, -0.1) is 5.10 Å². The first kappa shape index (κ1) is 18.8. The Morgan fingerprint density at radius 3 is 2.56 bits per heavy atom. The highest BCUT2D eigenvalue weighted by Crippen LogP contribution is 2.21. The number of aryl methyl sites for hydroxylation is 1. The third-order valence-corrected chi connectivity index (χ3v) is 4.86. The molecule has 2 aromatic carbocycles. The average molecular weight is 380 g/mol. The summed E-state index contributed by atoms with van der Waals surface area (Å²) in [6.07, 6.45) is 0.986. The number of carbonyl (C=O) groups excluding carboxylic acids is 2. The van der Waals surface area contributed by atoms with Crippen LogP contribution in [-0.2, 0) is 11.2 Å². The number of H-pyrrole nitrogens is 1. The summed E-state index contributed by atoms with van der Waals surface area (Å²) in [5.74, 6) is 0.513. The van der Waals surface area contributed by atoms with Crippen LogP contribution in [0.15, 0.2) is 53.7 Å². The lowest BCUT2D eigenvalue weighted by Crippen LogP contribution is -2.16. The molecule has 6 nitrogen and oxygen atoms in total. The number of rotatable bonds is 7. The monoisotopic (exact) mass is 380 g/mol. The van der Waals surface area contributed by atoms with Crippen molar-refractivity contribution in [3.63, 3.8) is 0 Å². The Bertz CT molecular complexity index is 951. The molecule has 0 aliphatic rings. The molecule has 3 aromatic rings. The molecule has 0 aliphatic heterocycles. The quantitative estimate of drug-likeness (QED) is 0.478. The number of aromatic amines is 1. The second kappa shape index (κ2) is 8.64. The zero-order valence-corrected chi connectivity index (χ0v) is 16.0. The van der Waals surface area contributed by atoms with E-state index in [2.05, 4.69) is 39.6 Å². The van der Waals surface area contributed by atoms with Gasteiger partial charge in [0.15, 0.2) is 11.6 Å². The molecular formula is C20H20N4O2S. The van der Waals surface area contributed by atoms with E-state index in [0.717, 1.165) is 12.0 Å². The lowest BCUT2D eigenvalue weighted by molar-refractivity contribution is -0.113. The molecule has 0 radical (unpaired) electrons. The van der Waals surface area contributed by atoms with Crippen LogP contribution in [-0.4, -0.2) is 32.6 Å². The Balaban J connectivity index is 1.60. The molecule has 1 heterocycles. The van der Waals surface area contributed by atoms with Gasteiger partial charge in [-0.1, -0.05) is 55.1 Å². The van der Waals surface area contributed by atoms with Gasteiger partial charge in [0.1, 0.15) is 0 Å². The molecule has 27 heavy (non-hydrogen) atoms. The molecule has 0 atom stereocenters. The number of para-hydroxylation sites is 1. The van der Waals surface area contributed by atoms with Crippen molar-refractivity contribution in [2.45, 2.75) is 25.4 Å². The summed E-state index contributed by atoms with van der Waals surface area (Å²) in [4.78, 5) is 28.2. The van der Waals surface area contributed by atoms with E-state index in [1.54, 1.807) is 24.3 Å². The fraction of sp³-hybridized carbons (Fsp3) is 0.200. The van der Waals surface area contributed by atoms with Crippen LogP contribution in [0.3, 0.4) is 0 Å². The molecule has 0 spiro atoms. The van der Waals surface area contributed by atoms with E-state index in [4.69, 9.17) is 0 Å². The highest BCUT2D eigenvalue weighted by atomic mass is 32.2. The van der Waals surface area contributed by atoms with Crippen LogP contribution in [0.5, 0.6) is 0 Å². The van der Waals surface area contributed by atoms with E-state index < -0.39 is 0 Å². The normalized spacial score (nSPS) is 10.6. The van der Waals surface area contributed by atoms with E-state index in [0.29, 0.717) is 22.2 Å². The lowest BCUT2D eigenvalue weighted by Gasteiger charge is -2.08. The minimum Gasteiger partial charge on any atom is -0.325 e. The van der Waals surface area contributed by atoms with Gasteiger partial charge in [-0.3, -0.25) is 14.7 Å². The van der Waals surface area contributed by atoms with Crippen LogP contribution in [0.2, 0.25) is 0 Å². The number of benzene rings is 2. The Morgan fingerprint density at radius 1 is 1.11 bits per heavy atom. The van der Waals surface area contributed by atoms with Crippen molar-refractivity contribution >= 4 is 29.1 Å². The molecular weight excluding hydrogens is 360 g/mol. The standard InChI is InChI=1S/C20H20N4O2S/c1-3-14-8-10-15(11-9-14)19-22-20(24-23-19)27-12-18(26)21-17-7-5-4-6-16(17)13(2)25/h4-11H,3,12H2,1-2H3,(H,21,26)(H,22,23,24). The van der Waals surface area contributed by atoms with Crippen molar-refractivity contribution in [1.29, 1.82) is 0 Å². The van der Waals surface area contributed by atoms with Crippen molar-refractivity contribution in [2.24, 2.45) is 0 Å². The molecule has 0 fully saturated rings. The topological polar surface area (TPSA) is 87.7 Å². The molecule has 0 saturated carbocycles. The number of carbonyl (C=O) groups is 2. The Kier molecular flexibility index (Phi) is 6.03. The number of hydrogen-bond acceptors (Lipinski definition) is 5. The molecule has 2 N–H and O–H groups in total. The summed E-state index contributed by atoms with van der Waals surface area (Å²) in [5.41, 5.74) is 3.22. The summed E-state index contributed by atoms with van der Waals surface area (Å²) in [6, 6.07) is 15.1. The van der Waals surface area contributed by atoms with Gasteiger partial charge in [-0.25, -0.2) is 4.98 Å². The van der Waals surface area contributed by atoms with Gasteiger partial charge in [0.05, 0.1) is 11.4 Å². The predicted molar refractivity (Wildman–Crippen MR) is 107 cm³/mol. The SMILES string of the molecule is CCc1ccc(-c2nc(SCC(=O)Nc3ccccc3C(C)=O)n[nH]2)cc1. The zero-order chi connectivity index (χ0) is 19.2. The van der Waals surface area contributed by atoms with Crippen LogP contribution >= 0.6 is 11.8 Å². The molecule has 138 valence electrons. The van der Waals surface area contributed by atoms with Crippen molar-refractivity contribution in [3.8, 4) is 11.4 Å². The van der Waals surface area contributed by atoms with Crippen LogP contribution in [0.1, 0.15) is 29.8 Å². The van der Waals surface area contributed by atoms with E-state index in [1.807, 2.05) is 12.1 Å². The number of Topliss-reactive ketones (excluding diaryl/α,β-unsaturated/α-hetero) is 1. The Hall–Kier alpha value is -2.93. The summed E-state index contributed by atoms with van der Waals surface area (Å²) in [6.45, 7) is 3.58. The van der Waals surface area contributed by atoms with Crippen LogP contribution in [0, 0.1) is 0 Å². The summed E-state index contributed by atoms with van der Waals surface area (Å²) in [7, 11) is 0. The second-order valence-electron chi connectivity index (χ2n) is 5.96. The number of amides is 1. The fourth-order valence-electron chi connectivity index (χ4n) is 2.55. The Labute approximate surface area is 161 Å².